The lowest BCUT2D eigenvalue weighted by Gasteiger charge is -2.09. The van der Waals surface area contributed by atoms with E-state index < -0.39 is 0 Å². The molecule has 7 heteroatoms. The molecular weight excluding hydrogens is 403 g/mol. The van der Waals surface area contributed by atoms with Crippen LogP contribution in [-0.4, -0.2) is 11.0 Å². The maximum Gasteiger partial charge on any atom is 0.257 e. The number of nitrogens with one attached hydrogen (secondary N) is 2. The van der Waals surface area contributed by atoms with Crippen LogP contribution < -0.4 is 10.6 Å². The largest absolute Gasteiger partial charge is 0.459 e. The van der Waals surface area contributed by atoms with Crippen molar-refractivity contribution in [1.29, 1.82) is 0 Å². The van der Waals surface area contributed by atoms with Gasteiger partial charge in [-0.15, -0.1) is 0 Å². The smallest absolute Gasteiger partial charge is 0.257 e. The Morgan fingerprint density at radius 2 is 1.81 bits per heavy atom. The van der Waals surface area contributed by atoms with Crippen LogP contribution in [0.5, 0.6) is 0 Å². The van der Waals surface area contributed by atoms with E-state index in [1.165, 1.54) is 0 Å². The molecule has 0 aliphatic rings. The summed E-state index contributed by atoms with van der Waals surface area (Å²) >= 11 is 17.1. The fraction of sp³-hybridized carbons (Fsp3) is 0.100. The van der Waals surface area contributed by atoms with Gasteiger partial charge in [-0.1, -0.05) is 29.3 Å². The van der Waals surface area contributed by atoms with Gasteiger partial charge in [-0.3, -0.25) is 10.1 Å². The van der Waals surface area contributed by atoms with Crippen molar-refractivity contribution in [1.82, 2.24) is 10.6 Å². The van der Waals surface area contributed by atoms with E-state index in [1.54, 1.807) is 30.3 Å². The highest BCUT2D eigenvalue weighted by Crippen LogP contribution is 2.23. The molecule has 0 unspecified atom stereocenters. The lowest BCUT2D eigenvalue weighted by molar-refractivity contribution is 0.0976. The molecule has 4 nitrogen and oxygen atoms in total. The summed E-state index contributed by atoms with van der Waals surface area (Å²) in [7, 11) is 0. The summed E-state index contributed by atoms with van der Waals surface area (Å²) in [6.45, 7) is 2.22. The molecule has 0 fully saturated rings. The van der Waals surface area contributed by atoms with E-state index >= 15 is 0 Å². The van der Waals surface area contributed by atoms with Crippen molar-refractivity contribution in [3.05, 3.63) is 81.5 Å². The predicted octanol–water partition coefficient (Wildman–Crippen LogP) is 5.37. The summed E-state index contributed by atoms with van der Waals surface area (Å²) in [5.41, 5.74) is 2.28. The molecule has 0 aliphatic carbocycles. The van der Waals surface area contributed by atoms with Crippen LogP contribution in [0.15, 0.2) is 59.0 Å². The summed E-state index contributed by atoms with van der Waals surface area (Å²) in [6.07, 6.45) is 0. The normalized spacial score (nSPS) is 10.5. The predicted molar refractivity (Wildman–Crippen MR) is 112 cm³/mol. The number of halogens is 2. The maximum atomic E-state index is 12.2. The molecule has 2 N–H and O–H groups in total. The van der Waals surface area contributed by atoms with Crippen LogP contribution in [0.25, 0.3) is 11.3 Å². The number of amides is 1. The van der Waals surface area contributed by atoms with Gasteiger partial charge in [0.05, 0.1) is 6.54 Å². The minimum absolute atomic E-state index is 0.209. The van der Waals surface area contributed by atoms with Crippen LogP contribution in [0, 0.1) is 6.92 Å². The van der Waals surface area contributed by atoms with Crippen molar-refractivity contribution in [2.75, 3.05) is 0 Å². The van der Waals surface area contributed by atoms with E-state index in [4.69, 9.17) is 39.8 Å². The highest BCUT2D eigenvalue weighted by molar-refractivity contribution is 7.80. The monoisotopic (exact) mass is 418 g/mol. The molecular formula is C20H16Cl2N2O2S. The molecule has 0 spiro atoms. The molecule has 0 radical (unpaired) electrons. The molecule has 138 valence electrons. The van der Waals surface area contributed by atoms with Gasteiger partial charge in [-0.05, 0) is 73.2 Å². The van der Waals surface area contributed by atoms with Gasteiger partial charge < -0.3 is 9.73 Å². The lowest BCUT2D eigenvalue weighted by atomic mass is 10.1. The number of benzene rings is 2. The van der Waals surface area contributed by atoms with Gasteiger partial charge in [0.15, 0.2) is 5.11 Å². The molecule has 0 aliphatic heterocycles. The molecule has 1 heterocycles. The van der Waals surface area contributed by atoms with Crippen LogP contribution in [-0.2, 0) is 6.54 Å². The zero-order valence-corrected chi connectivity index (χ0v) is 16.7. The first kappa shape index (κ1) is 19.4. The molecule has 1 amide bonds. The standard InChI is InChI=1S/C20H16Cl2N2O2S/c1-12-2-3-14(10-17(12)22)19(25)24-20(27)23-11-16-8-9-18(26-16)13-4-6-15(21)7-5-13/h2-10H,11H2,1H3,(H2,23,24,25,27). The van der Waals surface area contributed by atoms with Crippen molar-refractivity contribution < 1.29 is 9.21 Å². The van der Waals surface area contributed by atoms with Gasteiger partial charge in [0.2, 0.25) is 0 Å². The van der Waals surface area contributed by atoms with Crippen LogP contribution in [0.2, 0.25) is 10.0 Å². The van der Waals surface area contributed by atoms with Crippen LogP contribution in [0.1, 0.15) is 21.7 Å². The second-order valence-corrected chi connectivity index (χ2v) is 7.13. The molecule has 0 saturated carbocycles. The van der Waals surface area contributed by atoms with E-state index in [-0.39, 0.29) is 11.0 Å². The van der Waals surface area contributed by atoms with Crippen molar-refractivity contribution in [2.45, 2.75) is 13.5 Å². The van der Waals surface area contributed by atoms with E-state index in [2.05, 4.69) is 10.6 Å². The Kier molecular flexibility index (Phi) is 6.16. The van der Waals surface area contributed by atoms with Crippen molar-refractivity contribution >= 4 is 46.4 Å². The number of hydrogen-bond donors (Lipinski definition) is 2. The Morgan fingerprint density at radius 1 is 1.07 bits per heavy atom. The zero-order valence-electron chi connectivity index (χ0n) is 14.4. The third-order valence-corrected chi connectivity index (χ3v) is 4.78. The number of thiocarbonyl (C=S) groups is 1. The first-order valence-corrected chi connectivity index (χ1v) is 9.29. The zero-order chi connectivity index (χ0) is 19.4. The van der Waals surface area contributed by atoms with Gasteiger partial charge in [0, 0.05) is 21.2 Å². The molecule has 3 aromatic rings. The second-order valence-electron chi connectivity index (χ2n) is 5.87. The van der Waals surface area contributed by atoms with Gasteiger partial charge in [0.1, 0.15) is 11.5 Å². The molecule has 1 aromatic heterocycles. The number of furan rings is 1. The van der Waals surface area contributed by atoms with Gasteiger partial charge in [0.25, 0.3) is 5.91 Å². The minimum Gasteiger partial charge on any atom is -0.459 e. The minimum atomic E-state index is -0.323. The summed E-state index contributed by atoms with van der Waals surface area (Å²) in [5.74, 6) is 1.10. The highest BCUT2D eigenvalue weighted by Gasteiger charge is 2.10. The van der Waals surface area contributed by atoms with E-state index in [0.717, 1.165) is 16.9 Å². The fourth-order valence-corrected chi connectivity index (χ4v) is 2.83. The fourth-order valence-electron chi connectivity index (χ4n) is 2.36. The average Bonchev–Trinajstić information content (AvgIpc) is 3.12. The van der Waals surface area contributed by atoms with E-state index in [9.17, 15) is 4.79 Å². The first-order chi connectivity index (χ1) is 12.9. The van der Waals surface area contributed by atoms with Crippen molar-refractivity contribution in [3.8, 4) is 11.3 Å². The third-order valence-electron chi connectivity index (χ3n) is 3.87. The van der Waals surface area contributed by atoms with Crippen molar-refractivity contribution in [3.63, 3.8) is 0 Å². The van der Waals surface area contributed by atoms with E-state index in [0.29, 0.717) is 27.9 Å². The summed E-state index contributed by atoms with van der Waals surface area (Å²) in [6, 6.07) is 16.2. The van der Waals surface area contributed by atoms with E-state index in [1.807, 2.05) is 31.2 Å². The topological polar surface area (TPSA) is 54.3 Å². The van der Waals surface area contributed by atoms with Gasteiger partial charge in [-0.2, -0.15) is 0 Å². The summed E-state index contributed by atoms with van der Waals surface area (Å²) in [4.78, 5) is 12.2. The summed E-state index contributed by atoms with van der Waals surface area (Å²) < 4.78 is 5.78. The SMILES string of the molecule is Cc1ccc(C(=O)NC(=S)NCc2ccc(-c3ccc(Cl)cc3)o2)cc1Cl. The van der Waals surface area contributed by atoms with Crippen LogP contribution in [0.4, 0.5) is 0 Å². The quantitative estimate of drug-likeness (QED) is 0.559. The Morgan fingerprint density at radius 3 is 2.52 bits per heavy atom. The number of carbonyl (C=O) groups is 1. The molecule has 27 heavy (non-hydrogen) atoms. The number of hydrogen-bond acceptors (Lipinski definition) is 3. The number of aryl methyl sites for hydroxylation is 1. The molecule has 0 saturated heterocycles. The van der Waals surface area contributed by atoms with Gasteiger partial charge >= 0.3 is 0 Å². The Bertz CT molecular complexity index is 984. The summed E-state index contributed by atoms with van der Waals surface area (Å²) in [5, 5.41) is 6.99. The average molecular weight is 419 g/mol. The lowest BCUT2D eigenvalue weighted by Crippen LogP contribution is -2.38. The van der Waals surface area contributed by atoms with Crippen LogP contribution >= 0.6 is 35.4 Å². The first-order valence-electron chi connectivity index (χ1n) is 8.12. The molecule has 0 atom stereocenters. The highest BCUT2D eigenvalue weighted by atomic mass is 35.5. The molecule has 3 rings (SSSR count). The number of rotatable bonds is 4. The molecule has 2 aromatic carbocycles. The Balaban J connectivity index is 1.55. The number of carbonyl (C=O) groups excluding carboxylic acids is 1. The third kappa shape index (κ3) is 5.10. The van der Waals surface area contributed by atoms with Crippen molar-refractivity contribution in [2.24, 2.45) is 0 Å². The molecule has 0 bridgehead atoms. The Hall–Kier alpha value is -2.34. The van der Waals surface area contributed by atoms with Gasteiger partial charge in [-0.25, -0.2) is 0 Å². The Labute approximate surface area is 172 Å². The second kappa shape index (κ2) is 8.57. The van der Waals surface area contributed by atoms with Crippen LogP contribution in [0.3, 0.4) is 0 Å². The maximum absolute atomic E-state index is 12.2.